The number of amides is 1. The summed E-state index contributed by atoms with van der Waals surface area (Å²) in [5, 5.41) is 13.1. The molecule has 1 amide bonds. The Morgan fingerprint density at radius 3 is 2.74 bits per heavy atom. The van der Waals surface area contributed by atoms with Crippen LogP contribution < -0.4 is 5.32 Å². The summed E-state index contributed by atoms with van der Waals surface area (Å²) in [6.45, 7) is 1.92. The van der Waals surface area contributed by atoms with Crippen molar-refractivity contribution in [1.82, 2.24) is 10.2 Å². The largest absolute Gasteiger partial charge is 0.481 e. The molecule has 3 rings (SSSR count). The van der Waals surface area contributed by atoms with Gasteiger partial charge >= 0.3 is 5.97 Å². The monoisotopic (exact) mass is 336 g/mol. The van der Waals surface area contributed by atoms with Crippen molar-refractivity contribution in [2.75, 3.05) is 19.6 Å². The number of fused-ring (bicyclic) bond motifs is 1. The molecule has 2 atom stereocenters. The molecule has 2 N–H and O–H groups in total. The molecule has 124 valence electrons. The fourth-order valence-electron chi connectivity index (χ4n) is 3.93. The fourth-order valence-corrected chi connectivity index (χ4v) is 4.05. The Labute approximate surface area is 140 Å². The molecule has 0 spiro atoms. The van der Waals surface area contributed by atoms with Crippen LogP contribution in [0.1, 0.15) is 24.8 Å². The van der Waals surface area contributed by atoms with Gasteiger partial charge in [-0.3, -0.25) is 14.5 Å². The normalized spacial score (nSPS) is 26.9. The first-order chi connectivity index (χ1) is 11.0. The van der Waals surface area contributed by atoms with Gasteiger partial charge in [0.25, 0.3) is 0 Å². The van der Waals surface area contributed by atoms with Crippen LogP contribution >= 0.6 is 11.6 Å². The lowest BCUT2D eigenvalue weighted by molar-refractivity contribution is -0.149. The molecule has 1 aromatic carbocycles. The Bertz CT molecular complexity index is 604. The molecule has 6 heteroatoms. The molecule has 2 fully saturated rings. The average Bonchev–Trinajstić information content (AvgIpc) is 3.04. The summed E-state index contributed by atoms with van der Waals surface area (Å²) in [5.41, 5.74) is 0.360. The van der Waals surface area contributed by atoms with Gasteiger partial charge in [0, 0.05) is 24.7 Å². The summed E-state index contributed by atoms with van der Waals surface area (Å²) in [6, 6.07) is 7.34. The van der Waals surface area contributed by atoms with E-state index in [1.807, 2.05) is 17.0 Å². The molecular formula is C17H21ClN2O3. The molecule has 5 nitrogen and oxygen atoms in total. The lowest BCUT2D eigenvalue weighted by Crippen LogP contribution is -2.39. The molecule has 1 saturated heterocycles. The van der Waals surface area contributed by atoms with E-state index in [-0.39, 0.29) is 18.4 Å². The number of hydrogen-bond donors (Lipinski definition) is 2. The maximum absolute atomic E-state index is 12.1. The van der Waals surface area contributed by atoms with Gasteiger partial charge in [-0.2, -0.15) is 0 Å². The second-order valence-corrected chi connectivity index (χ2v) is 7.06. The first kappa shape index (κ1) is 16.3. The number of halogens is 1. The number of carboxylic acids is 1. The Kier molecular flexibility index (Phi) is 4.60. The number of aliphatic carboxylic acids is 1. The van der Waals surface area contributed by atoms with Crippen LogP contribution in [0.5, 0.6) is 0 Å². The highest BCUT2D eigenvalue weighted by molar-refractivity contribution is 6.30. The maximum atomic E-state index is 12.1. The predicted molar refractivity (Wildman–Crippen MR) is 87.1 cm³/mol. The van der Waals surface area contributed by atoms with Crippen LogP contribution in [0.4, 0.5) is 0 Å². The second-order valence-electron chi connectivity index (χ2n) is 6.62. The highest BCUT2D eigenvalue weighted by Gasteiger charge is 2.54. The third-order valence-electron chi connectivity index (χ3n) is 5.14. The number of carbonyl (C=O) groups excluding carboxylic acids is 1. The van der Waals surface area contributed by atoms with Gasteiger partial charge in [0.1, 0.15) is 0 Å². The van der Waals surface area contributed by atoms with E-state index in [2.05, 4.69) is 5.32 Å². The van der Waals surface area contributed by atoms with Crippen LogP contribution in [0.15, 0.2) is 24.3 Å². The van der Waals surface area contributed by atoms with E-state index in [0.717, 1.165) is 24.8 Å². The molecule has 1 heterocycles. The minimum atomic E-state index is -0.705. The lowest BCUT2D eigenvalue weighted by atomic mass is 9.81. The van der Waals surface area contributed by atoms with E-state index < -0.39 is 11.4 Å². The number of hydrogen-bond acceptors (Lipinski definition) is 3. The van der Waals surface area contributed by atoms with Crippen LogP contribution in [0.3, 0.4) is 0 Å². The zero-order valence-electron chi connectivity index (χ0n) is 12.9. The number of likely N-dealkylation sites (tertiary alicyclic amines) is 1. The molecule has 2 aliphatic rings. The highest BCUT2D eigenvalue weighted by atomic mass is 35.5. The molecule has 0 unspecified atom stereocenters. The first-order valence-corrected chi connectivity index (χ1v) is 8.34. The molecule has 23 heavy (non-hydrogen) atoms. The van der Waals surface area contributed by atoms with Crippen molar-refractivity contribution < 1.29 is 14.7 Å². The minimum absolute atomic E-state index is 0.0690. The summed E-state index contributed by atoms with van der Waals surface area (Å²) < 4.78 is 0. The summed E-state index contributed by atoms with van der Waals surface area (Å²) in [4.78, 5) is 25.7. The summed E-state index contributed by atoms with van der Waals surface area (Å²) in [7, 11) is 0. The number of nitrogens with zero attached hydrogens (tertiary/aromatic N) is 1. The molecule has 0 radical (unpaired) electrons. The van der Waals surface area contributed by atoms with Gasteiger partial charge in [0.15, 0.2) is 0 Å². The summed E-state index contributed by atoms with van der Waals surface area (Å²) in [6.07, 6.45) is 2.67. The van der Waals surface area contributed by atoms with Crippen molar-refractivity contribution in [3.63, 3.8) is 0 Å². The number of rotatable bonds is 5. The SMILES string of the molecule is O=C(CN1C[C@@H]2CCC[C@@]2(C(=O)O)C1)NCc1ccc(Cl)cc1. The van der Waals surface area contributed by atoms with Gasteiger partial charge in [-0.1, -0.05) is 30.2 Å². The first-order valence-electron chi connectivity index (χ1n) is 7.96. The van der Waals surface area contributed by atoms with Crippen molar-refractivity contribution in [2.24, 2.45) is 11.3 Å². The standard InChI is InChI=1S/C17H21ClN2O3/c18-14-5-3-12(4-6-14)8-19-15(21)10-20-9-13-2-1-7-17(13,11-20)16(22)23/h3-6,13H,1-2,7-11H2,(H,19,21)(H,22,23)/t13-,17+/m0/s1. The van der Waals surface area contributed by atoms with Gasteiger partial charge < -0.3 is 10.4 Å². The predicted octanol–water partition coefficient (Wildman–Crippen LogP) is 2.14. The van der Waals surface area contributed by atoms with E-state index in [1.54, 1.807) is 12.1 Å². The van der Waals surface area contributed by atoms with E-state index in [9.17, 15) is 14.7 Å². The van der Waals surface area contributed by atoms with E-state index >= 15 is 0 Å². The smallest absolute Gasteiger partial charge is 0.311 e. The molecule has 0 bridgehead atoms. The van der Waals surface area contributed by atoms with Crippen molar-refractivity contribution in [2.45, 2.75) is 25.8 Å². The number of nitrogens with one attached hydrogen (secondary N) is 1. The van der Waals surface area contributed by atoms with Crippen LogP contribution in [0.25, 0.3) is 0 Å². The van der Waals surface area contributed by atoms with Crippen molar-refractivity contribution in [3.8, 4) is 0 Å². The fraction of sp³-hybridized carbons (Fsp3) is 0.529. The van der Waals surface area contributed by atoms with E-state index in [1.165, 1.54) is 0 Å². The molecule has 1 saturated carbocycles. The molecular weight excluding hydrogens is 316 g/mol. The molecule has 0 aromatic heterocycles. The Morgan fingerprint density at radius 2 is 2.09 bits per heavy atom. The zero-order chi connectivity index (χ0) is 16.4. The Balaban J connectivity index is 1.51. The lowest BCUT2D eigenvalue weighted by Gasteiger charge is -2.23. The Morgan fingerprint density at radius 1 is 1.35 bits per heavy atom. The van der Waals surface area contributed by atoms with Gasteiger partial charge in [-0.25, -0.2) is 0 Å². The quantitative estimate of drug-likeness (QED) is 0.864. The number of carbonyl (C=O) groups is 2. The van der Waals surface area contributed by atoms with Crippen LogP contribution in [-0.4, -0.2) is 41.5 Å². The molecule has 1 aliphatic carbocycles. The topological polar surface area (TPSA) is 69.6 Å². The summed E-state index contributed by atoms with van der Waals surface area (Å²) in [5.74, 6) is -0.589. The zero-order valence-corrected chi connectivity index (χ0v) is 13.7. The number of carboxylic acid groups (broad SMARTS) is 1. The Hall–Kier alpha value is -1.59. The van der Waals surface area contributed by atoms with Gasteiger partial charge in [0.2, 0.25) is 5.91 Å². The maximum Gasteiger partial charge on any atom is 0.311 e. The van der Waals surface area contributed by atoms with E-state index in [4.69, 9.17) is 11.6 Å². The van der Waals surface area contributed by atoms with Crippen molar-refractivity contribution in [3.05, 3.63) is 34.9 Å². The third-order valence-corrected chi connectivity index (χ3v) is 5.39. The van der Waals surface area contributed by atoms with Crippen LogP contribution in [0.2, 0.25) is 5.02 Å². The molecule has 1 aliphatic heterocycles. The van der Waals surface area contributed by atoms with Crippen molar-refractivity contribution in [1.29, 1.82) is 0 Å². The highest BCUT2D eigenvalue weighted by Crippen LogP contribution is 2.48. The third kappa shape index (κ3) is 3.35. The van der Waals surface area contributed by atoms with Gasteiger partial charge in [-0.15, -0.1) is 0 Å². The number of benzene rings is 1. The van der Waals surface area contributed by atoms with Gasteiger partial charge in [-0.05, 0) is 36.5 Å². The minimum Gasteiger partial charge on any atom is -0.481 e. The van der Waals surface area contributed by atoms with E-state index in [0.29, 0.717) is 24.7 Å². The summed E-state index contributed by atoms with van der Waals surface area (Å²) >= 11 is 5.83. The van der Waals surface area contributed by atoms with Crippen molar-refractivity contribution >= 4 is 23.5 Å². The van der Waals surface area contributed by atoms with Gasteiger partial charge in [0.05, 0.1) is 12.0 Å². The average molecular weight is 337 g/mol. The second kappa shape index (κ2) is 6.49. The van der Waals surface area contributed by atoms with Crippen LogP contribution in [0, 0.1) is 11.3 Å². The molecule has 1 aromatic rings. The van der Waals surface area contributed by atoms with Crippen LogP contribution in [-0.2, 0) is 16.1 Å².